The maximum absolute atomic E-state index is 5.45. The quantitative estimate of drug-likeness (QED) is 0.578. The monoisotopic (exact) mass is 246 g/mol. The minimum absolute atomic E-state index is 0.311. The van der Waals surface area contributed by atoms with Crippen molar-refractivity contribution in [3.63, 3.8) is 0 Å². The summed E-state index contributed by atoms with van der Waals surface area (Å²) in [6.07, 6.45) is 1.30. The van der Waals surface area contributed by atoms with Crippen LogP contribution in [0.5, 0.6) is 0 Å². The van der Waals surface area contributed by atoms with E-state index in [1.54, 1.807) is 0 Å². The lowest BCUT2D eigenvalue weighted by atomic mass is 10.4. The molecule has 0 radical (unpaired) electrons. The Morgan fingerprint density at radius 2 is 2.12 bits per heavy atom. The fourth-order valence-corrected chi connectivity index (χ4v) is 1.75. The molecule has 0 aliphatic carbocycles. The van der Waals surface area contributed by atoms with Crippen molar-refractivity contribution in [2.75, 3.05) is 39.5 Å². The van der Waals surface area contributed by atoms with E-state index in [0.29, 0.717) is 6.10 Å². The number of thiocarbonyl (C=S) groups is 1. The minimum atomic E-state index is 0.311. The molecule has 0 aromatic rings. The van der Waals surface area contributed by atoms with Crippen LogP contribution in [0.4, 0.5) is 0 Å². The van der Waals surface area contributed by atoms with Gasteiger partial charge in [-0.05, 0) is 32.5 Å². The fraction of sp³-hybridized carbons (Fsp3) is 0.909. The topological polar surface area (TPSA) is 33.7 Å². The molecule has 0 bridgehead atoms. The van der Waals surface area contributed by atoms with Crippen molar-refractivity contribution in [2.45, 2.75) is 26.4 Å². The highest BCUT2D eigenvalue weighted by Crippen LogP contribution is 1.97. The summed E-state index contributed by atoms with van der Waals surface area (Å²) < 4.78 is 10.7. The molecular formula is C11H22N2O2S. The maximum Gasteiger partial charge on any atom is 0.169 e. The van der Waals surface area contributed by atoms with Gasteiger partial charge in [0.2, 0.25) is 0 Å². The summed E-state index contributed by atoms with van der Waals surface area (Å²) in [5, 5.41) is 4.09. The molecule has 1 heterocycles. The third-order valence-corrected chi connectivity index (χ3v) is 2.75. The molecule has 0 saturated carbocycles. The first-order chi connectivity index (χ1) is 7.70. The summed E-state index contributed by atoms with van der Waals surface area (Å²) in [5.74, 6) is 0. The predicted molar refractivity (Wildman–Crippen MR) is 68.7 cm³/mol. The van der Waals surface area contributed by atoms with Crippen LogP contribution in [0.1, 0.15) is 20.3 Å². The Morgan fingerprint density at radius 1 is 1.44 bits per heavy atom. The average Bonchev–Trinajstić information content (AvgIpc) is 2.29. The summed E-state index contributed by atoms with van der Waals surface area (Å²) in [7, 11) is 0. The number of hydrogen-bond acceptors (Lipinski definition) is 3. The van der Waals surface area contributed by atoms with Gasteiger partial charge in [-0.2, -0.15) is 0 Å². The van der Waals surface area contributed by atoms with Gasteiger partial charge in [0.05, 0.1) is 19.3 Å². The predicted octanol–water partition coefficient (Wildman–Crippen LogP) is 1.01. The molecule has 4 nitrogen and oxygen atoms in total. The third-order valence-electron chi connectivity index (χ3n) is 2.35. The van der Waals surface area contributed by atoms with Crippen molar-refractivity contribution in [2.24, 2.45) is 0 Å². The van der Waals surface area contributed by atoms with Gasteiger partial charge >= 0.3 is 0 Å². The molecule has 0 aromatic carbocycles. The molecule has 0 spiro atoms. The van der Waals surface area contributed by atoms with Crippen LogP contribution in [0.3, 0.4) is 0 Å². The molecule has 94 valence electrons. The molecule has 5 heteroatoms. The highest BCUT2D eigenvalue weighted by Gasteiger charge is 2.12. The highest BCUT2D eigenvalue weighted by atomic mass is 32.1. The van der Waals surface area contributed by atoms with E-state index in [1.807, 2.05) is 13.8 Å². The summed E-state index contributed by atoms with van der Waals surface area (Å²) in [4.78, 5) is 2.15. The van der Waals surface area contributed by atoms with Crippen molar-refractivity contribution in [1.29, 1.82) is 0 Å². The van der Waals surface area contributed by atoms with Gasteiger partial charge in [-0.1, -0.05) is 0 Å². The minimum Gasteiger partial charge on any atom is -0.379 e. The normalized spacial score (nSPS) is 16.6. The Morgan fingerprint density at radius 3 is 2.75 bits per heavy atom. The number of nitrogens with zero attached hydrogens (tertiary/aromatic N) is 1. The zero-order valence-electron chi connectivity index (χ0n) is 10.2. The van der Waals surface area contributed by atoms with E-state index >= 15 is 0 Å². The van der Waals surface area contributed by atoms with Crippen LogP contribution < -0.4 is 5.32 Å². The zero-order chi connectivity index (χ0) is 11.8. The molecule has 1 N–H and O–H groups in total. The largest absolute Gasteiger partial charge is 0.379 e. The average molecular weight is 246 g/mol. The smallest absolute Gasteiger partial charge is 0.169 e. The van der Waals surface area contributed by atoms with Crippen LogP contribution in [0.2, 0.25) is 0 Å². The van der Waals surface area contributed by atoms with E-state index in [1.165, 1.54) is 0 Å². The van der Waals surface area contributed by atoms with E-state index in [2.05, 4.69) is 10.2 Å². The van der Waals surface area contributed by atoms with Gasteiger partial charge < -0.3 is 19.7 Å². The van der Waals surface area contributed by atoms with Crippen LogP contribution in [-0.4, -0.2) is 55.6 Å². The van der Waals surface area contributed by atoms with Crippen LogP contribution in [0.15, 0.2) is 0 Å². The lowest BCUT2D eigenvalue weighted by molar-refractivity contribution is 0.0668. The van der Waals surface area contributed by atoms with E-state index in [0.717, 1.165) is 51.0 Å². The van der Waals surface area contributed by atoms with E-state index in [-0.39, 0.29) is 0 Å². The van der Waals surface area contributed by atoms with Crippen molar-refractivity contribution >= 4 is 17.3 Å². The van der Waals surface area contributed by atoms with Crippen molar-refractivity contribution in [3.05, 3.63) is 0 Å². The number of morpholine rings is 1. The Kier molecular flexibility index (Phi) is 6.68. The van der Waals surface area contributed by atoms with E-state index in [9.17, 15) is 0 Å². The number of nitrogens with one attached hydrogen (secondary N) is 1. The molecule has 1 saturated heterocycles. The van der Waals surface area contributed by atoms with Crippen LogP contribution >= 0.6 is 12.2 Å². The molecule has 1 fully saturated rings. The molecular weight excluding hydrogens is 224 g/mol. The second kappa shape index (κ2) is 7.81. The third kappa shape index (κ3) is 5.63. The standard InChI is InChI=1S/C11H22N2O2S/c1-10(2)15-7-3-4-12-11(16)13-5-8-14-9-6-13/h10H,3-9H2,1-2H3,(H,12,16). The van der Waals surface area contributed by atoms with Crippen molar-refractivity contribution in [3.8, 4) is 0 Å². The molecule has 1 rings (SSSR count). The first-order valence-corrected chi connectivity index (χ1v) is 6.33. The van der Waals surface area contributed by atoms with Gasteiger partial charge in [-0.15, -0.1) is 0 Å². The molecule has 0 atom stereocenters. The van der Waals surface area contributed by atoms with Crippen molar-refractivity contribution < 1.29 is 9.47 Å². The molecule has 16 heavy (non-hydrogen) atoms. The lowest BCUT2D eigenvalue weighted by Crippen LogP contribution is -2.46. The maximum atomic E-state index is 5.45. The summed E-state index contributed by atoms with van der Waals surface area (Å²) >= 11 is 5.29. The molecule has 0 amide bonds. The zero-order valence-corrected chi connectivity index (χ0v) is 11.0. The number of hydrogen-bond donors (Lipinski definition) is 1. The van der Waals surface area contributed by atoms with Crippen LogP contribution in [0.25, 0.3) is 0 Å². The van der Waals surface area contributed by atoms with Gasteiger partial charge in [-0.25, -0.2) is 0 Å². The SMILES string of the molecule is CC(C)OCCCNC(=S)N1CCOCC1. The Labute approximate surface area is 103 Å². The van der Waals surface area contributed by atoms with Crippen LogP contribution in [0, 0.1) is 0 Å². The number of rotatable bonds is 5. The van der Waals surface area contributed by atoms with Gasteiger partial charge in [0.1, 0.15) is 0 Å². The molecule has 0 unspecified atom stereocenters. The molecule has 1 aliphatic heterocycles. The highest BCUT2D eigenvalue weighted by molar-refractivity contribution is 7.80. The Hall–Kier alpha value is -0.390. The summed E-state index contributed by atoms with van der Waals surface area (Å²) in [5.41, 5.74) is 0. The molecule has 1 aliphatic rings. The summed E-state index contributed by atoms with van der Waals surface area (Å²) in [6.45, 7) is 9.11. The first kappa shape index (κ1) is 13.7. The first-order valence-electron chi connectivity index (χ1n) is 5.92. The lowest BCUT2D eigenvalue weighted by Gasteiger charge is -2.29. The van der Waals surface area contributed by atoms with Gasteiger partial charge in [-0.3, -0.25) is 0 Å². The second-order valence-corrected chi connectivity index (χ2v) is 4.49. The van der Waals surface area contributed by atoms with Gasteiger partial charge in [0, 0.05) is 26.2 Å². The van der Waals surface area contributed by atoms with Crippen molar-refractivity contribution in [1.82, 2.24) is 10.2 Å². The van der Waals surface area contributed by atoms with Gasteiger partial charge in [0.15, 0.2) is 5.11 Å². The molecule has 0 aromatic heterocycles. The second-order valence-electron chi connectivity index (χ2n) is 4.10. The summed E-state index contributed by atoms with van der Waals surface area (Å²) in [6, 6.07) is 0. The van der Waals surface area contributed by atoms with E-state index < -0.39 is 0 Å². The fourth-order valence-electron chi connectivity index (χ4n) is 1.46. The number of ether oxygens (including phenoxy) is 2. The Balaban J connectivity index is 2.01. The Bertz CT molecular complexity index is 206. The van der Waals surface area contributed by atoms with Gasteiger partial charge in [0.25, 0.3) is 0 Å². The van der Waals surface area contributed by atoms with E-state index in [4.69, 9.17) is 21.7 Å². The van der Waals surface area contributed by atoms with Crippen LogP contribution in [-0.2, 0) is 9.47 Å².